The van der Waals surface area contributed by atoms with E-state index in [1.54, 1.807) is 6.07 Å². The molecule has 2 aromatic carbocycles. The van der Waals surface area contributed by atoms with Crippen LogP contribution in [0, 0.1) is 0 Å². The summed E-state index contributed by atoms with van der Waals surface area (Å²) in [7, 11) is 0. The summed E-state index contributed by atoms with van der Waals surface area (Å²) < 4.78 is 0. The van der Waals surface area contributed by atoms with Gasteiger partial charge in [-0.05, 0) is 29.7 Å². The van der Waals surface area contributed by atoms with Gasteiger partial charge >= 0.3 is 0 Å². The van der Waals surface area contributed by atoms with E-state index in [9.17, 15) is 5.11 Å². The van der Waals surface area contributed by atoms with Crippen molar-refractivity contribution in [2.24, 2.45) is 5.73 Å². The molecule has 3 heteroatoms. The van der Waals surface area contributed by atoms with Gasteiger partial charge in [-0.3, -0.25) is 0 Å². The van der Waals surface area contributed by atoms with Crippen molar-refractivity contribution in [3.05, 3.63) is 53.1 Å². The third kappa shape index (κ3) is 2.50. The second kappa shape index (κ2) is 5.42. The van der Waals surface area contributed by atoms with E-state index < -0.39 is 0 Å². The number of hydrogen-bond donors (Lipinski definition) is 2. The van der Waals surface area contributed by atoms with Gasteiger partial charge in [-0.2, -0.15) is 0 Å². The fourth-order valence-corrected chi connectivity index (χ4v) is 2.15. The lowest BCUT2D eigenvalue weighted by Crippen LogP contribution is -2.09. The van der Waals surface area contributed by atoms with Crippen LogP contribution in [0.1, 0.15) is 24.9 Å². The van der Waals surface area contributed by atoms with Crippen molar-refractivity contribution in [1.29, 1.82) is 0 Å². The molecule has 2 rings (SSSR count). The van der Waals surface area contributed by atoms with Crippen molar-refractivity contribution < 1.29 is 5.11 Å². The van der Waals surface area contributed by atoms with Crippen LogP contribution in [0.15, 0.2) is 42.5 Å². The number of nitrogens with two attached hydrogens (primary N) is 1. The maximum atomic E-state index is 9.96. The van der Waals surface area contributed by atoms with Gasteiger partial charge in [0.2, 0.25) is 0 Å². The lowest BCUT2D eigenvalue weighted by molar-refractivity contribution is 0.460. The zero-order chi connectivity index (χ0) is 13.1. The zero-order valence-electron chi connectivity index (χ0n) is 10.2. The summed E-state index contributed by atoms with van der Waals surface area (Å²) in [5.41, 5.74) is 8.72. The molecule has 0 aliphatic heterocycles. The highest BCUT2D eigenvalue weighted by molar-refractivity contribution is 6.32. The van der Waals surface area contributed by atoms with Crippen molar-refractivity contribution in [2.45, 2.75) is 19.4 Å². The molecule has 18 heavy (non-hydrogen) atoms. The molecule has 0 fully saturated rings. The van der Waals surface area contributed by atoms with Crippen LogP contribution in [0.3, 0.4) is 0 Å². The summed E-state index contributed by atoms with van der Waals surface area (Å²) in [6, 6.07) is 13.4. The van der Waals surface area contributed by atoms with Crippen molar-refractivity contribution in [3.8, 4) is 16.9 Å². The van der Waals surface area contributed by atoms with Crippen LogP contribution in [0.5, 0.6) is 5.75 Å². The minimum Gasteiger partial charge on any atom is -0.506 e. The van der Waals surface area contributed by atoms with E-state index in [1.165, 1.54) is 0 Å². The fourth-order valence-electron chi connectivity index (χ4n) is 1.92. The number of benzene rings is 2. The molecule has 3 N–H and O–H groups in total. The number of phenols is 1. The molecule has 0 aliphatic rings. The molecular weight excluding hydrogens is 246 g/mol. The fraction of sp³-hybridized carbons (Fsp3) is 0.200. The second-order valence-electron chi connectivity index (χ2n) is 4.28. The van der Waals surface area contributed by atoms with Crippen LogP contribution in [-0.2, 0) is 0 Å². The third-order valence-corrected chi connectivity index (χ3v) is 3.33. The Labute approximate surface area is 112 Å². The van der Waals surface area contributed by atoms with Crippen LogP contribution in [0.4, 0.5) is 0 Å². The van der Waals surface area contributed by atoms with Gasteiger partial charge in [0, 0.05) is 11.6 Å². The maximum Gasteiger partial charge on any atom is 0.138 e. The molecule has 0 heterocycles. The highest BCUT2D eigenvalue weighted by atomic mass is 35.5. The smallest absolute Gasteiger partial charge is 0.138 e. The number of phenolic OH excluding ortho intramolecular Hbond substituents is 1. The summed E-state index contributed by atoms with van der Waals surface area (Å²) in [6.45, 7) is 1.98. The number of hydrogen-bond acceptors (Lipinski definition) is 2. The van der Waals surface area contributed by atoms with Gasteiger partial charge in [0.25, 0.3) is 0 Å². The Morgan fingerprint density at radius 3 is 2.44 bits per heavy atom. The molecule has 2 aromatic rings. The Bertz CT molecular complexity index is 540. The molecule has 0 aliphatic carbocycles. The molecule has 0 aromatic heterocycles. The Balaban J connectivity index is 2.54. The predicted octanol–water partition coefficient (Wildman–Crippen LogP) is 4.12. The molecule has 0 bridgehead atoms. The van der Waals surface area contributed by atoms with Crippen LogP contribution in [-0.4, -0.2) is 5.11 Å². The summed E-state index contributed by atoms with van der Waals surface area (Å²) >= 11 is 6.06. The minimum atomic E-state index is -0.203. The molecule has 0 saturated heterocycles. The SMILES string of the molecule is CCC(N)c1cc(-c2ccccc2)cc(Cl)c1O. The van der Waals surface area contributed by atoms with E-state index >= 15 is 0 Å². The Morgan fingerprint density at radius 2 is 1.83 bits per heavy atom. The standard InChI is InChI=1S/C15H16ClNO/c1-2-14(17)12-8-11(9-13(16)15(12)18)10-6-4-3-5-7-10/h3-9,14,18H,2,17H2,1H3. The molecule has 0 radical (unpaired) electrons. The van der Waals surface area contributed by atoms with Crippen molar-refractivity contribution >= 4 is 11.6 Å². The van der Waals surface area contributed by atoms with E-state index in [1.807, 2.05) is 43.3 Å². The molecule has 0 amide bonds. The van der Waals surface area contributed by atoms with E-state index in [2.05, 4.69) is 0 Å². The summed E-state index contributed by atoms with van der Waals surface area (Å²) in [6.07, 6.45) is 0.752. The van der Waals surface area contributed by atoms with E-state index in [0.29, 0.717) is 10.6 Å². The Hall–Kier alpha value is -1.51. The topological polar surface area (TPSA) is 46.2 Å². The first-order valence-electron chi connectivity index (χ1n) is 5.97. The average Bonchev–Trinajstić information content (AvgIpc) is 2.41. The van der Waals surface area contributed by atoms with Gasteiger partial charge in [-0.25, -0.2) is 0 Å². The minimum absolute atomic E-state index is 0.0886. The third-order valence-electron chi connectivity index (χ3n) is 3.04. The maximum absolute atomic E-state index is 9.96. The van der Waals surface area contributed by atoms with Gasteiger partial charge in [0.15, 0.2) is 0 Å². The molecule has 94 valence electrons. The van der Waals surface area contributed by atoms with E-state index in [-0.39, 0.29) is 11.8 Å². The van der Waals surface area contributed by atoms with Crippen LogP contribution >= 0.6 is 11.6 Å². The molecule has 2 nitrogen and oxygen atoms in total. The highest BCUT2D eigenvalue weighted by Crippen LogP contribution is 2.36. The first-order valence-corrected chi connectivity index (χ1v) is 6.34. The molecule has 0 saturated carbocycles. The van der Waals surface area contributed by atoms with Crippen LogP contribution in [0.25, 0.3) is 11.1 Å². The quantitative estimate of drug-likeness (QED) is 0.873. The van der Waals surface area contributed by atoms with Crippen molar-refractivity contribution in [1.82, 2.24) is 0 Å². The highest BCUT2D eigenvalue weighted by Gasteiger charge is 2.14. The molecular formula is C15H16ClNO. The van der Waals surface area contributed by atoms with E-state index in [0.717, 1.165) is 17.5 Å². The van der Waals surface area contributed by atoms with E-state index in [4.69, 9.17) is 17.3 Å². The predicted molar refractivity (Wildman–Crippen MR) is 75.8 cm³/mol. The van der Waals surface area contributed by atoms with Crippen molar-refractivity contribution in [2.75, 3.05) is 0 Å². The zero-order valence-corrected chi connectivity index (χ0v) is 11.0. The van der Waals surface area contributed by atoms with Crippen LogP contribution in [0.2, 0.25) is 5.02 Å². The normalized spacial score (nSPS) is 12.4. The number of rotatable bonds is 3. The van der Waals surface area contributed by atoms with Gasteiger partial charge in [0.1, 0.15) is 5.75 Å². The van der Waals surface area contributed by atoms with Crippen molar-refractivity contribution in [3.63, 3.8) is 0 Å². The molecule has 0 spiro atoms. The van der Waals surface area contributed by atoms with Gasteiger partial charge in [0.05, 0.1) is 5.02 Å². The first kappa shape index (κ1) is 12.9. The Morgan fingerprint density at radius 1 is 1.17 bits per heavy atom. The van der Waals surface area contributed by atoms with Gasteiger partial charge in [-0.15, -0.1) is 0 Å². The number of aromatic hydroxyl groups is 1. The monoisotopic (exact) mass is 261 g/mol. The molecule has 1 unspecified atom stereocenters. The summed E-state index contributed by atoms with van der Waals surface area (Å²) in [4.78, 5) is 0. The second-order valence-corrected chi connectivity index (χ2v) is 4.68. The summed E-state index contributed by atoms with van der Waals surface area (Å²) in [5, 5.41) is 10.3. The first-order chi connectivity index (χ1) is 8.63. The summed E-state index contributed by atoms with van der Waals surface area (Å²) in [5.74, 6) is 0.0886. The van der Waals surface area contributed by atoms with Crippen LogP contribution < -0.4 is 5.73 Å². The lowest BCUT2D eigenvalue weighted by Gasteiger charge is -2.14. The van der Waals surface area contributed by atoms with Gasteiger partial charge < -0.3 is 10.8 Å². The molecule has 1 atom stereocenters. The average molecular weight is 262 g/mol. The Kier molecular flexibility index (Phi) is 3.90. The lowest BCUT2D eigenvalue weighted by atomic mass is 9.98. The van der Waals surface area contributed by atoms with Gasteiger partial charge in [-0.1, -0.05) is 48.9 Å². The largest absolute Gasteiger partial charge is 0.506 e. The number of halogens is 1.